The Kier molecular flexibility index (Phi) is 5.08. The molecule has 1 aromatic rings. The van der Waals surface area contributed by atoms with Gasteiger partial charge in [0, 0.05) is 10.6 Å². The number of carbonyl (C=O) groups excluding carboxylic acids is 1. The summed E-state index contributed by atoms with van der Waals surface area (Å²) in [5, 5.41) is 3.20. The average Bonchev–Trinajstić information content (AvgIpc) is 2.69. The van der Waals surface area contributed by atoms with Crippen LogP contribution in [0.5, 0.6) is 0 Å². The normalized spacial score (nSPS) is 14.5. The fourth-order valence-corrected chi connectivity index (χ4v) is 2.45. The van der Waals surface area contributed by atoms with E-state index in [1.807, 2.05) is 19.9 Å². The Bertz CT molecular complexity index is 378. The molecule has 0 aliphatic rings. The van der Waals surface area contributed by atoms with Gasteiger partial charge in [0.05, 0.1) is 6.26 Å². The van der Waals surface area contributed by atoms with Crippen LogP contribution < -0.4 is 11.1 Å². The Morgan fingerprint density at radius 1 is 1.65 bits per heavy atom. The van der Waals surface area contributed by atoms with Gasteiger partial charge in [-0.25, -0.2) is 0 Å². The smallest absolute Gasteiger partial charge is 0.238 e. The number of furan rings is 1. The number of hydrogen-bond donors (Lipinski definition) is 2. The number of hydrogen-bond acceptors (Lipinski definition) is 4. The summed E-state index contributed by atoms with van der Waals surface area (Å²) in [6.07, 6.45) is 2.62. The van der Waals surface area contributed by atoms with Crippen molar-refractivity contribution >= 4 is 17.7 Å². The van der Waals surface area contributed by atoms with Crippen molar-refractivity contribution in [1.82, 2.24) is 5.32 Å². The van der Waals surface area contributed by atoms with Crippen LogP contribution in [0.4, 0.5) is 0 Å². The number of nitrogens with two attached hydrogens (primary N) is 1. The monoisotopic (exact) mass is 256 g/mol. The molecule has 1 amide bonds. The van der Waals surface area contributed by atoms with E-state index in [4.69, 9.17) is 10.2 Å². The van der Waals surface area contributed by atoms with Gasteiger partial charge in [0.1, 0.15) is 11.3 Å². The van der Waals surface area contributed by atoms with Crippen molar-refractivity contribution in [2.24, 2.45) is 5.73 Å². The first-order valence-corrected chi connectivity index (χ1v) is 6.70. The van der Waals surface area contributed by atoms with Crippen molar-refractivity contribution < 1.29 is 9.21 Å². The lowest BCUT2D eigenvalue weighted by Gasteiger charge is -2.26. The molecule has 5 heteroatoms. The van der Waals surface area contributed by atoms with E-state index < -0.39 is 5.54 Å². The second-order valence-corrected chi connectivity index (χ2v) is 5.27. The molecule has 0 bridgehead atoms. The predicted octanol–water partition coefficient (Wildman–Crippen LogP) is 1.92. The van der Waals surface area contributed by atoms with Gasteiger partial charge in [-0.15, -0.1) is 11.8 Å². The van der Waals surface area contributed by atoms with E-state index in [2.05, 4.69) is 12.2 Å². The van der Waals surface area contributed by atoms with Gasteiger partial charge in [-0.2, -0.15) is 0 Å². The summed E-state index contributed by atoms with van der Waals surface area (Å²) in [6, 6.07) is 1.90. The molecule has 1 atom stereocenters. The molecule has 0 radical (unpaired) electrons. The van der Waals surface area contributed by atoms with E-state index in [0.717, 1.165) is 23.6 Å². The highest BCUT2D eigenvalue weighted by molar-refractivity contribution is 7.99. The summed E-state index contributed by atoms with van der Waals surface area (Å²) in [5.74, 6) is 1.15. The van der Waals surface area contributed by atoms with Crippen LogP contribution in [0, 0.1) is 6.92 Å². The molecule has 1 rings (SSSR count). The minimum absolute atomic E-state index is 0.320. The fraction of sp³-hybridized carbons (Fsp3) is 0.583. The van der Waals surface area contributed by atoms with E-state index in [1.165, 1.54) is 0 Å². The van der Waals surface area contributed by atoms with Gasteiger partial charge < -0.3 is 15.5 Å². The average molecular weight is 256 g/mol. The third-order valence-corrected chi connectivity index (χ3v) is 4.09. The molecule has 4 nitrogen and oxygen atoms in total. The number of primary amides is 1. The molecule has 1 aromatic heterocycles. The predicted molar refractivity (Wildman–Crippen MR) is 70.1 cm³/mol. The van der Waals surface area contributed by atoms with Crippen LogP contribution >= 0.6 is 11.8 Å². The molecule has 17 heavy (non-hydrogen) atoms. The highest BCUT2D eigenvalue weighted by atomic mass is 32.2. The quantitative estimate of drug-likeness (QED) is 0.731. The molecule has 0 aliphatic heterocycles. The molecule has 1 unspecified atom stereocenters. The van der Waals surface area contributed by atoms with Crippen molar-refractivity contribution in [3.8, 4) is 0 Å². The highest BCUT2D eigenvalue weighted by Crippen LogP contribution is 2.26. The summed E-state index contributed by atoms with van der Waals surface area (Å²) < 4.78 is 5.21. The van der Waals surface area contributed by atoms with Crippen LogP contribution in [-0.2, 0) is 4.79 Å². The van der Waals surface area contributed by atoms with Gasteiger partial charge in [0.15, 0.2) is 0 Å². The Labute approximate surface area is 106 Å². The molecule has 0 saturated heterocycles. The second kappa shape index (κ2) is 6.12. The minimum atomic E-state index is -0.676. The molecular formula is C12H20N2O2S. The number of carbonyl (C=O) groups is 1. The molecule has 0 spiro atoms. The van der Waals surface area contributed by atoms with Crippen molar-refractivity contribution in [3.05, 3.63) is 18.1 Å². The topological polar surface area (TPSA) is 68.3 Å². The summed E-state index contributed by atoms with van der Waals surface area (Å²) in [7, 11) is 0. The summed E-state index contributed by atoms with van der Waals surface area (Å²) in [5.41, 5.74) is 4.77. The molecule has 1 heterocycles. The zero-order valence-electron chi connectivity index (χ0n) is 10.6. The van der Waals surface area contributed by atoms with E-state index in [-0.39, 0.29) is 5.91 Å². The third kappa shape index (κ3) is 3.78. The molecule has 96 valence electrons. The Balaban J connectivity index is 2.61. The van der Waals surface area contributed by atoms with E-state index >= 15 is 0 Å². The highest BCUT2D eigenvalue weighted by Gasteiger charge is 2.30. The third-order valence-electron chi connectivity index (χ3n) is 2.64. The molecular weight excluding hydrogens is 236 g/mol. The van der Waals surface area contributed by atoms with Crippen LogP contribution in [0.3, 0.4) is 0 Å². The van der Waals surface area contributed by atoms with Crippen molar-refractivity contribution in [1.29, 1.82) is 0 Å². The van der Waals surface area contributed by atoms with E-state index in [1.54, 1.807) is 18.0 Å². The van der Waals surface area contributed by atoms with Crippen molar-refractivity contribution in [2.45, 2.75) is 37.6 Å². The largest absolute Gasteiger partial charge is 0.468 e. The number of thioether (sulfide) groups is 1. The Hall–Kier alpha value is -0.940. The zero-order chi connectivity index (χ0) is 12.9. The molecule has 0 aliphatic carbocycles. The number of amides is 1. The van der Waals surface area contributed by atoms with Gasteiger partial charge in [-0.1, -0.05) is 6.92 Å². The summed E-state index contributed by atoms with van der Waals surface area (Å²) in [6.45, 7) is 6.59. The van der Waals surface area contributed by atoms with Gasteiger partial charge in [-0.3, -0.25) is 4.79 Å². The Morgan fingerprint density at radius 2 is 2.35 bits per heavy atom. The number of nitrogens with one attached hydrogen (secondary N) is 1. The van der Waals surface area contributed by atoms with E-state index in [9.17, 15) is 4.79 Å². The molecule has 3 N–H and O–H groups in total. The Morgan fingerprint density at radius 3 is 2.82 bits per heavy atom. The van der Waals surface area contributed by atoms with Crippen LogP contribution in [0.25, 0.3) is 0 Å². The second-order valence-electron chi connectivity index (χ2n) is 4.25. The van der Waals surface area contributed by atoms with Gasteiger partial charge in [-0.05, 0) is 32.9 Å². The first-order valence-electron chi connectivity index (χ1n) is 5.71. The van der Waals surface area contributed by atoms with Gasteiger partial charge in [0.2, 0.25) is 5.91 Å². The number of rotatable bonds is 7. The first kappa shape index (κ1) is 14.1. The van der Waals surface area contributed by atoms with Crippen LogP contribution in [0.2, 0.25) is 0 Å². The fourth-order valence-electron chi connectivity index (χ4n) is 1.36. The molecule has 0 saturated carbocycles. The van der Waals surface area contributed by atoms with Crippen LogP contribution in [-0.4, -0.2) is 23.7 Å². The van der Waals surface area contributed by atoms with Crippen molar-refractivity contribution in [2.75, 3.05) is 12.3 Å². The lowest BCUT2D eigenvalue weighted by atomic mass is 10.1. The first-order chi connectivity index (χ1) is 7.99. The molecule has 0 fully saturated rings. The molecule has 0 aromatic carbocycles. The van der Waals surface area contributed by atoms with E-state index in [0.29, 0.717) is 5.75 Å². The summed E-state index contributed by atoms with van der Waals surface area (Å²) >= 11 is 1.58. The van der Waals surface area contributed by atoms with Gasteiger partial charge in [0.25, 0.3) is 0 Å². The van der Waals surface area contributed by atoms with Crippen LogP contribution in [0.15, 0.2) is 21.6 Å². The summed E-state index contributed by atoms with van der Waals surface area (Å²) in [4.78, 5) is 12.5. The lowest BCUT2D eigenvalue weighted by Crippen LogP contribution is -2.55. The minimum Gasteiger partial charge on any atom is -0.468 e. The maximum absolute atomic E-state index is 11.5. The lowest BCUT2D eigenvalue weighted by molar-refractivity contribution is -0.122. The number of aryl methyl sites for hydroxylation is 1. The van der Waals surface area contributed by atoms with Crippen LogP contribution in [0.1, 0.15) is 26.0 Å². The van der Waals surface area contributed by atoms with Crippen molar-refractivity contribution in [3.63, 3.8) is 0 Å². The maximum Gasteiger partial charge on any atom is 0.238 e. The van der Waals surface area contributed by atoms with Gasteiger partial charge >= 0.3 is 0 Å². The zero-order valence-corrected chi connectivity index (χ0v) is 11.4. The maximum atomic E-state index is 11.5. The SMILES string of the molecule is CCCNC(C)(CSc1ccoc1C)C(N)=O. The standard InChI is InChI=1S/C12H20N2O2S/c1-4-6-14-12(3,11(13)15)8-17-10-5-7-16-9(10)2/h5,7,14H,4,6,8H2,1-3H3,(H2,13,15).